The molecule has 6 aliphatic rings. The predicted octanol–water partition coefficient (Wildman–Crippen LogP) is 0.292. The number of piperazine rings is 5. The summed E-state index contributed by atoms with van der Waals surface area (Å²) < 4.78 is 0. The fourth-order valence-corrected chi connectivity index (χ4v) is 8.51. The van der Waals surface area contributed by atoms with Gasteiger partial charge in [-0.05, 0) is 145 Å². The average molecular weight is 1020 g/mol. The molecular weight excluding hydrogens is 931 g/mol. The van der Waals surface area contributed by atoms with Gasteiger partial charge >= 0.3 is 0 Å². The van der Waals surface area contributed by atoms with Gasteiger partial charge in [-0.1, -0.05) is 0 Å². The number of nitrogens with one attached hydrogen (secondary N) is 4. The molecule has 5 atom stereocenters. The summed E-state index contributed by atoms with van der Waals surface area (Å²) in [4.78, 5) is 126. The number of likely N-dealkylation sites (tertiary alicyclic amines) is 1. The first-order valence-corrected chi connectivity index (χ1v) is 25.5. The fraction of sp³-hybridized carbons (Fsp3) is 0.800. The molecule has 6 heterocycles. The van der Waals surface area contributed by atoms with Crippen LogP contribution >= 0.6 is 0 Å². The molecule has 0 aromatic carbocycles. The van der Waals surface area contributed by atoms with Gasteiger partial charge in [-0.25, -0.2) is 0 Å². The van der Waals surface area contributed by atoms with Crippen LogP contribution in [0.3, 0.4) is 0 Å². The Hall–Kier alpha value is -5.38. The molecule has 22 heteroatoms. The van der Waals surface area contributed by atoms with E-state index in [2.05, 4.69) is 40.0 Å². The molecule has 0 aliphatic carbocycles. The molecule has 72 heavy (non-hydrogen) atoms. The average Bonchev–Trinajstić information content (AvgIpc) is 3.26. The predicted molar refractivity (Wildman–Crippen MR) is 273 cm³/mol. The first-order valence-electron chi connectivity index (χ1n) is 25.5. The highest BCUT2D eigenvalue weighted by molar-refractivity contribution is 5.98. The zero-order chi connectivity index (χ0) is 55.9. The zero-order valence-corrected chi connectivity index (χ0v) is 46.9. The first kappa shape index (κ1) is 64.6. The normalized spacial score (nSPS) is 24.8. The number of carbonyl (C=O) groups is 10. The Bertz CT molecular complexity index is 1860. The van der Waals surface area contributed by atoms with Gasteiger partial charge in [0, 0.05) is 55.9 Å². The van der Waals surface area contributed by atoms with Crippen molar-refractivity contribution in [2.75, 3.05) is 52.9 Å². The van der Waals surface area contributed by atoms with Gasteiger partial charge in [-0.2, -0.15) is 0 Å². The lowest BCUT2D eigenvalue weighted by Gasteiger charge is -2.39. The van der Waals surface area contributed by atoms with Crippen molar-refractivity contribution in [2.24, 2.45) is 0 Å². The maximum Gasteiger partial charge on any atom is 0.251 e. The van der Waals surface area contributed by atoms with E-state index in [1.54, 1.807) is 66.0 Å². The molecule has 0 saturated carbocycles. The van der Waals surface area contributed by atoms with E-state index in [0.717, 1.165) is 26.1 Å². The molecule has 0 aromatic heterocycles. The van der Waals surface area contributed by atoms with E-state index in [0.29, 0.717) is 19.0 Å². The van der Waals surface area contributed by atoms with Crippen molar-refractivity contribution in [3.63, 3.8) is 0 Å². The highest BCUT2D eigenvalue weighted by Gasteiger charge is 2.41. The summed E-state index contributed by atoms with van der Waals surface area (Å²) >= 11 is 0. The quantitative estimate of drug-likeness (QED) is 0.241. The largest absolute Gasteiger partial charge is 0.383 e. The number of hydrogen-bond donors (Lipinski definition) is 5. The third-order valence-corrected chi connectivity index (χ3v) is 12.7. The minimum Gasteiger partial charge on any atom is -0.383 e. The molecule has 6 saturated heterocycles. The standard InChI is InChI=1S/3C9H16N2O2.C8H16N2O.C8H15NO2.C7H12N2O2/c1-6(2)11-5-7(12)10-9(3,4)8(11)13;2*1-5(2)11-7(4)8(12)10-6(3)9(11)13;1-7(2)10-5-4-9(3)6-8(10)11;1-6(2)9-5-3-4-7(10)8(9)11;1-5(2)9-4-6(10)8-3-7(9)11/h6H,5H2,1-4H3,(H,10,12);2*5-7H,1-4H3,(H,10,12);7H,4-6H2,1-3H3;6-7,10H,3-5H2,1-2H3;5H,3-4H2,1-2H3,(H,8,10)/t;6-,7+;6-,7-;;7-;/m.10.1./s1. The van der Waals surface area contributed by atoms with Gasteiger partial charge in [-0.3, -0.25) is 52.8 Å². The van der Waals surface area contributed by atoms with E-state index in [9.17, 15) is 53.1 Å². The molecule has 0 aromatic rings. The van der Waals surface area contributed by atoms with Crippen LogP contribution in [0.4, 0.5) is 0 Å². The van der Waals surface area contributed by atoms with Gasteiger partial charge in [0.1, 0.15) is 35.8 Å². The highest BCUT2D eigenvalue weighted by Crippen LogP contribution is 2.17. The third kappa shape index (κ3) is 18.9. The second kappa shape index (κ2) is 28.8. The van der Waals surface area contributed by atoms with Crippen LogP contribution in [-0.2, 0) is 47.9 Å². The second-order valence-corrected chi connectivity index (χ2v) is 21.3. The Morgan fingerprint density at radius 3 is 1.32 bits per heavy atom. The molecule has 0 unspecified atom stereocenters. The molecule has 10 amide bonds. The molecule has 6 aliphatic heterocycles. The summed E-state index contributed by atoms with van der Waals surface area (Å²) in [6.07, 6.45) is 0.804. The maximum atomic E-state index is 11.7. The lowest BCUT2D eigenvalue weighted by Crippen LogP contribution is -2.65. The lowest BCUT2D eigenvalue weighted by molar-refractivity contribution is -0.150. The minimum absolute atomic E-state index is 0.000370. The number of hydrogen-bond acceptors (Lipinski definition) is 12. The van der Waals surface area contributed by atoms with E-state index >= 15 is 0 Å². The van der Waals surface area contributed by atoms with E-state index in [1.165, 1.54) is 0 Å². The van der Waals surface area contributed by atoms with Crippen LogP contribution in [-0.4, -0.2) is 223 Å². The van der Waals surface area contributed by atoms with Gasteiger partial charge in [0.25, 0.3) is 5.91 Å². The number of nitrogens with zero attached hydrogens (tertiary/aromatic N) is 7. The molecule has 6 fully saturated rings. The summed E-state index contributed by atoms with van der Waals surface area (Å²) in [5.41, 5.74) is -0.750. The molecule has 6 rings (SSSR count). The molecule has 412 valence electrons. The van der Waals surface area contributed by atoms with Gasteiger partial charge in [-0.15, -0.1) is 0 Å². The van der Waals surface area contributed by atoms with Gasteiger partial charge in [0.05, 0.1) is 26.2 Å². The van der Waals surface area contributed by atoms with Crippen molar-refractivity contribution in [1.29, 1.82) is 0 Å². The van der Waals surface area contributed by atoms with E-state index in [4.69, 9.17) is 0 Å². The van der Waals surface area contributed by atoms with E-state index in [-0.39, 0.29) is 133 Å². The Balaban J connectivity index is 0.000000433. The van der Waals surface area contributed by atoms with Crippen LogP contribution in [0.5, 0.6) is 0 Å². The monoisotopic (exact) mass is 1020 g/mol. The Labute approximate surface area is 429 Å². The smallest absolute Gasteiger partial charge is 0.251 e. The van der Waals surface area contributed by atoms with Crippen molar-refractivity contribution < 1.29 is 53.1 Å². The Kier molecular flexibility index (Phi) is 25.8. The number of piperidine rings is 1. The third-order valence-electron chi connectivity index (χ3n) is 12.7. The highest BCUT2D eigenvalue weighted by atomic mass is 16.3. The number of rotatable bonds is 6. The molecule has 0 spiro atoms. The van der Waals surface area contributed by atoms with Crippen molar-refractivity contribution >= 4 is 59.1 Å². The molecule has 0 bridgehead atoms. The number of carbonyl (C=O) groups excluding carboxylic acids is 10. The summed E-state index contributed by atoms with van der Waals surface area (Å²) in [6.45, 7) is 37.5. The van der Waals surface area contributed by atoms with Crippen molar-refractivity contribution in [2.45, 2.75) is 210 Å². The number of aliphatic hydroxyl groups excluding tert-OH is 1. The van der Waals surface area contributed by atoms with Crippen molar-refractivity contribution in [3.8, 4) is 0 Å². The summed E-state index contributed by atoms with van der Waals surface area (Å²) in [7, 11) is 1.98. The Morgan fingerprint density at radius 2 is 0.944 bits per heavy atom. The van der Waals surface area contributed by atoms with Gasteiger partial charge in [0.15, 0.2) is 0 Å². The van der Waals surface area contributed by atoms with Crippen molar-refractivity contribution in [3.05, 3.63) is 0 Å². The van der Waals surface area contributed by atoms with E-state index in [1.807, 2.05) is 81.2 Å². The van der Waals surface area contributed by atoms with Gasteiger partial charge in [0.2, 0.25) is 53.2 Å². The SMILES string of the molecule is CC(C)N1C(=O)[C@@H](C)NC(=O)[C@@H]1C.CC(C)N1C(=O)[C@H](C)NC(=O)[C@@H]1C.CC(C)N1CC(=O)NC(C)(C)C1=O.CC(C)N1CC(=O)NCC1=O.CC(C)N1CCC[C@@H](O)C1=O.CC(C)N1CCN(C)CC1=O. The molecule has 5 N–H and O–H groups in total. The molecule has 22 nitrogen and oxygen atoms in total. The van der Waals surface area contributed by atoms with Gasteiger partial charge < -0.3 is 55.8 Å². The Morgan fingerprint density at radius 1 is 0.514 bits per heavy atom. The van der Waals surface area contributed by atoms with Crippen LogP contribution in [0.2, 0.25) is 0 Å². The topological polar surface area (TPSA) is 262 Å². The zero-order valence-electron chi connectivity index (χ0n) is 46.9. The van der Waals surface area contributed by atoms with Crippen LogP contribution < -0.4 is 21.3 Å². The lowest BCUT2D eigenvalue weighted by atomic mass is 9.99. The summed E-state index contributed by atoms with van der Waals surface area (Å²) in [6, 6.07) is -0.517. The van der Waals surface area contributed by atoms with E-state index < -0.39 is 11.6 Å². The number of amides is 10. The van der Waals surface area contributed by atoms with Crippen LogP contribution in [0.1, 0.15) is 137 Å². The number of aliphatic hydroxyl groups is 1. The van der Waals surface area contributed by atoms with Crippen LogP contribution in [0.15, 0.2) is 0 Å². The first-order chi connectivity index (χ1) is 33.1. The summed E-state index contributed by atoms with van der Waals surface area (Å²) in [5.74, 6) is -0.149. The fourth-order valence-electron chi connectivity index (χ4n) is 8.51. The van der Waals surface area contributed by atoms with Crippen molar-refractivity contribution in [1.82, 2.24) is 55.6 Å². The second-order valence-electron chi connectivity index (χ2n) is 21.3. The maximum absolute atomic E-state index is 11.7. The van der Waals surface area contributed by atoms with Crippen LogP contribution in [0.25, 0.3) is 0 Å². The summed E-state index contributed by atoms with van der Waals surface area (Å²) in [5, 5.41) is 19.6. The molecular formula is C50H91N11O11. The number of likely N-dealkylation sites (N-methyl/N-ethyl adjacent to an activating group) is 1. The molecule has 0 radical (unpaired) electrons. The minimum atomic E-state index is -0.750. The van der Waals surface area contributed by atoms with Crippen LogP contribution in [0, 0.1) is 0 Å².